The molecule has 4 rings (SSSR count). The number of ether oxygens (including phenoxy) is 2. The van der Waals surface area contributed by atoms with Crippen LogP contribution in [0.15, 0.2) is 71.6 Å². The highest BCUT2D eigenvalue weighted by molar-refractivity contribution is 7.92. The van der Waals surface area contributed by atoms with Gasteiger partial charge in [0, 0.05) is 44.0 Å². The fourth-order valence-electron chi connectivity index (χ4n) is 5.49. The second-order valence-corrected chi connectivity index (χ2v) is 14.4. The standard InChI is InChI=1S/C36H47FN4O7S/c1-24-9-16-31(17-10-24)49(45,46)39-30-15-18-33-32(20-30)35(43)41(26(3)23-42)21-25(2)34(47-19-7-6-8-27(4)48-33)22-40(5)36(44)38-29-13-11-28(37)12-14-29/h9-18,20,25-27,34,39,42H,6-8,19,21-23H2,1-5H3,(H,38,44)/t25-,26+,27+,34-/m1/s1. The van der Waals surface area contributed by atoms with Crippen molar-refractivity contribution in [1.29, 1.82) is 0 Å². The lowest BCUT2D eigenvalue weighted by Crippen LogP contribution is -2.48. The van der Waals surface area contributed by atoms with Gasteiger partial charge in [0.1, 0.15) is 11.6 Å². The minimum Gasteiger partial charge on any atom is -0.490 e. The fourth-order valence-corrected chi connectivity index (χ4v) is 6.53. The third-order valence-corrected chi connectivity index (χ3v) is 9.93. The summed E-state index contributed by atoms with van der Waals surface area (Å²) in [5, 5.41) is 13.0. The van der Waals surface area contributed by atoms with Crippen LogP contribution in [0.3, 0.4) is 0 Å². The molecule has 49 heavy (non-hydrogen) atoms. The lowest BCUT2D eigenvalue weighted by molar-refractivity contribution is -0.0115. The molecule has 4 atom stereocenters. The smallest absolute Gasteiger partial charge is 0.321 e. The number of nitrogens with zero attached hydrogens (tertiary/aromatic N) is 2. The van der Waals surface area contributed by atoms with Crippen LogP contribution >= 0.6 is 0 Å². The number of carbonyl (C=O) groups is 2. The zero-order valence-electron chi connectivity index (χ0n) is 28.7. The number of hydrogen-bond donors (Lipinski definition) is 3. The summed E-state index contributed by atoms with van der Waals surface area (Å²) in [7, 11) is -2.32. The van der Waals surface area contributed by atoms with E-state index in [-0.39, 0.29) is 47.9 Å². The van der Waals surface area contributed by atoms with Gasteiger partial charge >= 0.3 is 6.03 Å². The zero-order chi connectivity index (χ0) is 35.7. The third kappa shape index (κ3) is 10.4. The van der Waals surface area contributed by atoms with Gasteiger partial charge < -0.3 is 29.7 Å². The van der Waals surface area contributed by atoms with Crippen LogP contribution in [0, 0.1) is 18.7 Å². The van der Waals surface area contributed by atoms with Crippen molar-refractivity contribution in [3.8, 4) is 5.75 Å². The van der Waals surface area contributed by atoms with E-state index in [0.717, 1.165) is 18.4 Å². The normalized spacial score (nSPS) is 19.9. The average molecular weight is 699 g/mol. The number of anilines is 2. The van der Waals surface area contributed by atoms with Crippen LogP contribution in [0.25, 0.3) is 0 Å². The van der Waals surface area contributed by atoms with Crippen molar-refractivity contribution in [3.63, 3.8) is 0 Å². The number of nitrogens with one attached hydrogen (secondary N) is 2. The molecule has 0 spiro atoms. The van der Waals surface area contributed by atoms with E-state index in [1.54, 1.807) is 38.2 Å². The maximum absolute atomic E-state index is 14.4. The summed E-state index contributed by atoms with van der Waals surface area (Å²) in [6.45, 7) is 7.87. The summed E-state index contributed by atoms with van der Waals surface area (Å²) in [5.74, 6) is -0.854. The van der Waals surface area contributed by atoms with Crippen molar-refractivity contribution in [3.05, 3.63) is 83.7 Å². The number of benzene rings is 3. The summed E-state index contributed by atoms with van der Waals surface area (Å²) < 4.78 is 54.9. The van der Waals surface area contributed by atoms with Gasteiger partial charge in [-0.3, -0.25) is 9.52 Å². The highest BCUT2D eigenvalue weighted by Crippen LogP contribution is 2.29. The number of urea groups is 1. The van der Waals surface area contributed by atoms with Crippen LogP contribution in [-0.4, -0.2) is 86.9 Å². The highest BCUT2D eigenvalue weighted by atomic mass is 32.2. The van der Waals surface area contributed by atoms with E-state index in [9.17, 15) is 27.5 Å². The first-order valence-corrected chi connectivity index (χ1v) is 18.0. The Hall–Kier alpha value is -4.20. The highest BCUT2D eigenvalue weighted by Gasteiger charge is 2.31. The van der Waals surface area contributed by atoms with E-state index in [0.29, 0.717) is 24.5 Å². The van der Waals surface area contributed by atoms with Crippen molar-refractivity contribution in [1.82, 2.24) is 9.80 Å². The number of fused-ring (bicyclic) bond motifs is 1. The second kappa shape index (κ2) is 17.0. The maximum Gasteiger partial charge on any atom is 0.321 e. The molecule has 0 fully saturated rings. The molecule has 1 aliphatic rings. The summed E-state index contributed by atoms with van der Waals surface area (Å²) in [6, 6.07) is 15.5. The van der Waals surface area contributed by atoms with E-state index < -0.39 is 39.9 Å². The topological polar surface area (TPSA) is 138 Å². The number of carbonyl (C=O) groups excluding carboxylic acids is 2. The van der Waals surface area contributed by atoms with Crippen LogP contribution < -0.4 is 14.8 Å². The molecule has 3 aromatic carbocycles. The van der Waals surface area contributed by atoms with Gasteiger partial charge in [0.05, 0.1) is 35.3 Å². The lowest BCUT2D eigenvalue weighted by Gasteiger charge is -2.35. The van der Waals surface area contributed by atoms with Crippen molar-refractivity contribution >= 4 is 33.3 Å². The van der Waals surface area contributed by atoms with Crippen LogP contribution in [0.4, 0.5) is 20.6 Å². The van der Waals surface area contributed by atoms with Crippen LogP contribution in [0.1, 0.15) is 56.0 Å². The van der Waals surface area contributed by atoms with Crippen LogP contribution in [0.2, 0.25) is 0 Å². The molecule has 11 nitrogen and oxygen atoms in total. The van der Waals surface area contributed by atoms with Crippen molar-refractivity contribution in [2.45, 2.75) is 70.1 Å². The Morgan fingerprint density at radius 3 is 2.41 bits per heavy atom. The number of rotatable bonds is 8. The van der Waals surface area contributed by atoms with Crippen molar-refractivity contribution in [2.75, 3.05) is 43.4 Å². The van der Waals surface area contributed by atoms with Crippen molar-refractivity contribution < 1.29 is 37.0 Å². The Kier molecular flexibility index (Phi) is 13.0. The molecule has 0 aromatic heterocycles. The first kappa shape index (κ1) is 37.6. The lowest BCUT2D eigenvalue weighted by atomic mass is 10.0. The van der Waals surface area contributed by atoms with Gasteiger partial charge in [-0.25, -0.2) is 17.6 Å². The molecule has 1 heterocycles. The zero-order valence-corrected chi connectivity index (χ0v) is 29.5. The summed E-state index contributed by atoms with van der Waals surface area (Å²) in [4.78, 5) is 30.5. The molecule has 3 N–H and O–H groups in total. The number of halogens is 1. The van der Waals surface area contributed by atoms with E-state index >= 15 is 0 Å². The Balaban J connectivity index is 1.62. The number of aryl methyl sites for hydroxylation is 1. The quantitative estimate of drug-likeness (QED) is 0.267. The van der Waals surface area contributed by atoms with Gasteiger partial charge in [-0.2, -0.15) is 0 Å². The van der Waals surface area contributed by atoms with Gasteiger partial charge in [-0.1, -0.05) is 24.6 Å². The molecule has 0 radical (unpaired) electrons. The fraction of sp³-hybridized carbons (Fsp3) is 0.444. The molecule has 0 bridgehead atoms. The molecule has 0 unspecified atom stereocenters. The van der Waals surface area contributed by atoms with Gasteiger partial charge in [0.15, 0.2) is 0 Å². The average Bonchev–Trinajstić information content (AvgIpc) is 3.07. The monoisotopic (exact) mass is 698 g/mol. The van der Waals surface area contributed by atoms with Gasteiger partial charge in [-0.05, 0) is 94.6 Å². The molecular formula is C36H47FN4O7S. The molecule has 0 saturated heterocycles. The molecule has 0 aliphatic carbocycles. The SMILES string of the molecule is Cc1ccc(S(=O)(=O)Nc2ccc3c(c2)C(=O)N([C@@H](C)CO)C[C@@H](C)[C@@H](CN(C)C(=O)Nc2ccc(F)cc2)OCCCC[C@H](C)O3)cc1. The van der Waals surface area contributed by atoms with Gasteiger partial charge in [-0.15, -0.1) is 0 Å². The number of aliphatic hydroxyl groups excluding tert-OH is 1. The number of hydrogen-bond acceptors (Lipinski definition) is 7. The minimum absolute atomic E-state index is 0.0843. The second-order valence-electron chi connectivity index (χ2n) is 12.7. The minimum atomic E-state index is -3.95. The number of sulfonamides is 1. The molecule has 3 amide bonds. The Morgan fingerprint density at radius 1 is 1.06 bits per heavy atom. The summed E-state index contributed by atoms with van der Waals surface area (Å²) in [5.41, 5.74) is 1.70. The van der Waals surface area contributed by atoms with Crippen LogP contribution in [-0.2, 0) is 14.8 Å². The molecule has 3 aromatic rings. The number of amides is 3. The van der Waals surface area contributed by atoms with Gasteiger partial charge in [0.2, 0.25) is 0 Å². The third-order valence-electron chi connectivity index (χ3n) is 8.53. The Bertz CT molecular complexity index is 1670. The van der Waals surface area contributed by atoms with E-state index in [1.807, 2.05) is 20.8 Å². The largest absolute Gasteiger partial charge is 0.490 e. The molecular weight excluding hydrogens is 651 g/mol. The van der Waals surface area contributed by atoms with Gasteiger partial charge in [0.25, 0.3) is 15.9 Å². The summed E-state index contributed by atoms with van der Waals surface area (Å²) in [6.07, 6.45) is 1.47. The van der Waals surface area contributed by atoms with E-state index in [4.69, 9.17) is 9.47 Å². The Morgan fingerprint density at radius 2 is 1.73 bits per heavy atom. The molecule has 0 saturated carbocycles. The van der Waals surface area contributed by atoms with E-state index in [2.05, 4.69) is 10.0 Å². The molecule has 266 valence electrons. The first-order chi connectivity index (χ1) is 23.3. The van der Waals surface area contributed by atoms with Crippen LogP contribution in [0.5, 0.6) is 5.75 Å². The maximum atomic E-state index is 14.4. The first-order valence-electron chi connectivity index (χ1n) is 16.5. The summed E-state index contributed by atoms with van der Waals surface area (Å²) >= 11 is 0. The molecule has 13 heteroatoms. The number of likely N-dealkylation sites (N-methyl/N-ethyl adjacent to an activating group) is 1. The Labute approximate surface area is 288 Å². The predicted octanol–water partition coefficient (Wildman–Crippen LogP) is 5.89. The molecule has 1 aliphatic heterocycles. The van der Waals surface area contributed by atoms with E-state index in [1.165, 1.54) is 52.3 Å². The number of aliphatic hydroxyl groups is 1. The predicted molar refractivity (Wildman–Crippen MR) is 187 cm³/mol. The van der Waals surface area contributed by atoms with Crippen molar-refractivity contribution in [2.24, 2.45) is 5.92 Å².